The summed E-state index contributed by atoms with van der Waals surface area (Å²) < 4.78 is 10.9. The van der Waals surface area contributed by atoms with Crippen molar-refractivity contribution in [3.8, 4) is 0 Å². The van der Waals surface area contributed by atoms with E-state index < -0.39 is 0 Å². The van der Waals surface area contributed by atoms with Gasteiger partial charge in [-0.1, -0.05) is 18.2 Å². The third-order valence-electron chi connectivity index (χ3n) is 4.74. The average molecular weight is 384 g/mol. The maximum Gasteiger partial charge on any atom is 0.415 e. The van der Waals surface area contributed by atoms with Gasteiger partial charge in [0.05, 0.1) is 18.9 Å². The molecule has 150 valence electrons. The van der Waals surface area contributed by atoms with Crippen molar-refractivity contribution in [2.75, 3.05) is 44.2 Å². The molecule has 1 unspecified atom stereocenters. The number of nitrogens with zero attached hydrogens (tertiary/aromatic N) is 4. The van der Waals surface area contributed by atoms with Crippen LogP contribution in [0.2, 0.25) is 0 Å². The highest BCUT2D eigenvalue weighted by Crippen LogP contribution is 2.18. The second-order valence-corrected chi connectivity index (χ2v) is 6.73. The lowest BCUT2D eigenvalue weighted by atomic mass is 10.2. The van der Waals surface area contributed by atoms with E-state index >= 15 is 0 Å². The molecule has 0 radical (unpaired) electrons. The molecule has 2 aliphatic rings. The molecule has 0 bridgehead atoms. The fourth-order valence-corrected chi connectivity index (χ4v) is 3.37. The van der Waals surface area contributed by atoms with Gasteiger partial charge in [0, 0.05) is 38.9 Å². The molecule has 0 aromatic carbocycles. The number of ether oxygens (including phenoxy) is 2. The number of amides is 1. The number of allylic oxidation sites excluding steroid dienone is 4. The van der Waals surface area contributed by atoms with E-state index in [4.69, 9.17) is 9.47 Å². The zero-order valence-electron chi connectivity index (χ0n) is 16.5. The Kier molecular flexibility index (Phi) is 7.08. The summed E-state index contributed by atoms with van der Waals surface area (Å²) in [6.07, 6.45) is 10.8. The van der Waals surface area contributed by atoms with E-state index in [2.05, 4.69) is 14.8 Å². The highest BCUT2D eigenvalue weighted by atomic mass is 16.6. The normalized spacial score (nSPS) is 18.1. The van der Waals surface area contributed by atoms with Crippen LogP contribution in [-0.4, -0.2) is 66.2 Å². The molecular weight excluding hydrogens is 356 g/mol. The molecule has 0 N–H and O–H groups in total. The molecule has 1 fully saturated rings. The minimum absolute atomic E-state index is 0.0558. The van der Waals surface area contributed by atoms with E-state index in [1.165, 1.54) is 0 Å². The number of anilines is 1. The van der Waals surface area contributed by atoms with Crippen LogP contribution in [0.25, 0.3) is 0 Å². The summed E-state index contributed by atoms with van der Waals surface area (Å²) in [6, 6.07) is 5.50. The van der Waals surface area contributed by atoms with Crippen molar-refractivity contribution >= 4 is 11.9 Å². The lowest BCUT2D eigenvalue weighted by Crippen LogP contribution is -2.52. The average Bonchev–Trinajstić information content (AvgIpc) is 2.99. The molecule has 1 saturated heterocycles. The van der Waals surface area contributed by atoms with E-state index in [0.717, 1.165) is 38.6 Å². The van der Waals surface area contributed by atoms with Gasteiger partial charge in [-0.15, -0.1) is 0 Å². The van der Waals surface area contributed by atoms with Gasteiger partial charge in [0.2, 0.25) is 0 Å². The van der Waals surface area contributed by atoms with Crippen LogP contribution >= 0.6 is 0 Å². The molecule has 7 heteroatoms. The van der Waals surface area contributed by atoms with E-state index in [-0.39, 0.29) is 12.1 Å². The summed E-state index contributed by atoms with van der Waals surface area (Å²) in [5.41, 5.74) is 0. The van der Waals surface area contributed by atoms with E-state index in [0.29, 0.717) is 12.4 Å². The van der Waals surface area contributed by atoms with Crippen molar-refractivity contribution in [2.45, 2.75) is 19.9 Å². The van der Waals surface area contributed by atoms with Gasteiger partial charge in [0.1, 0.15) is 5.82 Å². The quantitative estimate of drug-likeness (QED) is 0.752. The monoisotopic (exact) mass is 384 g/mol. The lowest BCUT2D eigenvalue weighted by molar-refractivity contribution is 0.101. The van der Waals surface area contributed by atoms with Crippen molar-refractivity contribution in [3.63, 3.8) is 0 Å². The molecule has 28 heavy (non-hydrogen) atoms. The van der Waals surface area contributed by atoms with E-state index in [9.17, 15) is 4.79 Å². The van der Waals surface area contributed by atoms with Gasteiger partial charge in [-0.25, -0.2) is 9.78 Å². The topological polar surface area (TPSA) is 58.1 Å². The minimum Gasteiger partial charge on any atom is -0.449 e. The van der Waals surface area contributed by atoms with Gasteiger partial charge in [-0.2, -0.15) is 0 Å². The summed E-state index contributed by atoms with van der Waals surface area (Å²) in [6.45, 7) is 8.49. The molecule has 3 rings (SSSR count). The molecule has 1 amide bonds. The Morgan fingerprint density at radius 2 is 2.07 bits per heavy atom. The largest absolute Gasteiger partial charge is 0.449 e. The molecular formula is C21H28N4O3. The Hall–Kier alpha value is -2.80. The van der Waals surface area contributed by atoms with Gasteiger partial charge in [0.25, 0.3) is 0 Å². The van der Waals surface area contributed by atoms with Crippen molar-refractivity contribution in [1.82, 2.24) is 14.8 Å². The predicted octanol–water partition coefficient (Wildman–Crippen LogP) is 2.99. The van der Waals surface area contributed by atoms with Crippen LogP contribution in [0, 0.1) is 0 Å². The number of rotatable bonds is 6. The molecule has 0 aliphatic carbocycles. The third-order valence-corrected chi connectivity index (χ3v) is 4.74. The smallest absolute Gasteiger partial charge is 0.415 e. The van der Waals surface area contributed by atoms with Crippen LogP contribution in [0.4, 0.5) is 10.6 Å². The maximum atomic E-state index is 12.5. The molecule has 1 aromatic rings. The third kappa shape index (κ3) is 5.13. The Balaban J connectivity index is 1.59. The molecule has 1 aromatic heterocycles. The first-order valence-corrected chi connectivity index (χ1v) is 9.73. The molecule has 0 saturated carbocycles. The Labute approximate surface area is 166 Å². The summed E-state index contributed by atoms with van der Waals surface area (Å²) in [5.74, 6) is 1.49. The van der Waals surface area contributed by atoms with Crippen LogP contribution < -0.4 is 4.90 Å². The number of hydrogen-bond donors (Lipinski definition) is 0. The molecule has 3 heterocycles. The van der Waals surface area contributed by atoms with Gasteiger partial charge in [-0.05, 0) is 38.1 Å². The number of carbonyl (C=O) groups is 1. The van der Waals surface area contributed by atoms with Gasteiger partial charge in [0.15, 0.2) is 5.88 Å². The number of pyridine rings is 1. The Bertz CT molecular complexity index is 724. The van der Waals surface area contributed by atoms with Crippen LogP contribution in [0.15, 0.2) is 60.8 Å². The lowest BCUT2D eigenvalue weighted by Gasteiger charge is -2.38. The standard InChI is InChI=1S/C21H28N4O3/c1-3-27-21(26)25(19-9-6-7-11-22-19)18(2)17-23-12-14-24(15-13-23)20-10-5-4-8-16-28-20/h4-11,16,18H,3,12-15,17H2,1-2H3. The van der Waals surface area contributed by atoms with E-state index in [1.54, 1.807) is 17.4 Å². The molecule has 0 spiro atoms. The summed E-state index contributed by atoms with van der Waals surface area (Å²) in [7, 11) is 0. The van der Waals surface area contributed by atoms with Gasteiger partial charge in [-0.3, -0.25) is 9.80 Å². The molecule has 2 aliphatic heterocycles. The SMILES string of the molecule is CCOC(=O)N(c1ccccn1)C(C)CN1CCN(C2=CC=CC=CO2)CC1. The van der Waals surface area contributed by atoms with Crippen LogP contribution in [0.5, 0.6) is 0 Å². The van der Waals surface area contributed by atoms with Crippen molar-refractivity contribution in [2.24, 2.45) is 0 Å². The highest BCUT2D eigenvalue weighted by molar-refractivity contribution is 5.87. The fraction of sp³-hybridized carbons (Fsp3) is 0.429. The number of piperazine rings is 1. The first-order chi connectivity index (χ1) is 13.7. The maximum absolute atomic E-state index is 12.5. The van der Waals surface area contributed by atoms with Gasteiger partial charge < -0.3 is 14.4 Å². The second-order valence-electron chi connectivity index (χ2n) is 6.73. The first-order valence-electron chi connectivity index (χ1n) is 9.73. The molecule has 7 nitrogen and oxygen atoms in total. The highest BCUT2D eigenvalue weighted by Gasteiger charge is 2.28. The summed E-state index contributed by atoms with van der Waals surface area (Å²) >= 11 is 0. The predicted molar refractivity (Wildman–Crippen MR) is 109 cm³/mol. The van der Waals surface area contributed by atoms with Crippen LogP contribution in [0.1, 0.15) is 13.8 Å². The van der Waals surface area contributed by atoms with Gasteiger partial charge >= 0.3 is 6.09 Å². The van der Waals surface area contributed by atoms with E-state index in [1.807, 2.05) is 56.4 Å². The fourth-order valence-electron chi connectivity index (χ4n) is 3.37. The Morgan fingerprint density at radius 3 is 2.79 bits per heavy atom. The number of aromatic nitrogens is 1. The second kappa shape index (κ2) is 9.94. The first kappa shape index (κ1) is 19.9. The summed E-state index contributed by atoms with van der Waals surface area (Å²) in [5, 5.41) is 0. The van der Waals surface area contributed by atoms with Crippen molar-refractivity contribution < 1.29 is 14.3 Å². The molecule has 1 atom stereocenters. The zero-order chi connectivity index (χ0) is 19.8. The van der Waals surface area contributed by atoms with Crippen molar-refractivity contribution in [3.05, 3.63) is 60.8 Å². The zero-order valence-corrected chi connectivity index (χ0v) is 16.5. The number of carbonyl (C=O) groups excluding carboxylic acids is 1. The van der Waals surface area contributed by atoms with Crippen molar-refractivity contribution in [1.29, 1.82) is 0 Å². The van der Waals surface area contributed by atoms with Crippen LogP contribution in [0.3, 0.4) is 0 Å². The number of hydrogen-bond acceptors (Lipinski definition) is 6. The minimum atomic E-state index is -0.358. The Morgan fingerprint density at radius 1 is 1.25 bits per heavy atom. The van der Waals surface area contributed by atoms with Crippen LogP contribution in [-0.2, 0) is 9.47 Å². The summed E-state index contributed by atoms with van der Waals surface area (Å²) in [4.78, 5) is 23.1.